The van der Waals surface area contributed by atoms with Crippen molar-refractivity contribution >= 4 is 5.91 Å². The largest absolute Gasteiger partial charge is 0.382 e. The SMILES string of the molecule is CCC[C@H](N)[C@H](O)C(=O)NC1CCCCC1. The van der Waals surface area contributed by atoms with Crippen molar-refractivity contribution in [1.29, 1.82) is 0 Å². The molecule has 4 nitrogen and oxygen atoms in total. The van der Waals surface area contributed by atoms with Gasteiger partial charge in [-0.3, -0.25) is 4.79 Å². The van der Waals surface area contributed by atoms with E-state index in [4.69, 9.17) is 5.73 Å². The Kier molecular flexibility index (Phi) is 5.77. The topological polar surface area (TPSA) is 75.3 Å². The molecule has 0 heterocycles. The Labute approximate surface area is 97.6 Å². The smallest absolute Gasteiger partial charge is 0.250 e. The Balaban J connectivity index is 2.32. The zero-order valence-electron chi connectivity index (χ0n) is 10.1. The minimum absolute atomic E-state index is 0.240. The van der Waals surface area contributed by atoms with E-state index in [9.17, 15) is 9.90 Å². The molecule has 0 bridgehead atoms. The molecular formula is C12H24N2O2. The Morgan fingerprint density at radius 3 is 2.62 bits per heavy atom. The van der Waals surface area contributed by atoms with Crippen molar-refractivity contribution in [2.45, 2.75) is 70.1 Å². The number of aliphatic hydroxyl groups excluding tert-OH is 1. The van der Waals surface area contributed by atoms with E-state index in [1.165, 1.54) is 19.3 Å². The van der Waals surface area contributed by atoms with Gasteiger partial charge in [0.1, 0.15) is 6.10 Å². The van der Waals surface area contributed by atoms with Crippen molar-refractivity contribution in [2.24, 2.45) is 5.73 Å². The normalized spacial score (nSPS) is 21.4. The molecule has 1 fully saturated rings. The molecule has 0 aliphatic heterocycles. The third kappa shape index (κ3) is 4.10. The molecule has 1 aliphatic carbocycles. The van der Waals surface area contributed by atoms with Gasteiger partial charge in [0.25, 0.3) is 5.91 Å². The summed E-state index contributed by atoms with van der Waals surface area (Å²) in [4.78, 5) is 11.7. The molecule has 0 aromatic carbocycles. The summed E-state index contributed by atoms with van der Waals surface area (Å²) in [5, 5.41) is 12.6. The molecule has 0 radical (unpaired) electrons. The molecule has 16 heavy (non-hydrogen) atoms. The molecule has 0 aromatic heterocycles. The van der Waals surface area contributed by atoms with Crippen LogP contribution in [0.25, 0.3) is 0 Å². The van der Waals surface area contributed by atoms with Crippen molar-refractivity contribution in [2.75, 3.05) is 0 Å². The number of hydrogen-bond acceptors (Lipinski definition) is 3. The molecule has 2 atom stereocenters. The second-order valence-corrected chi connectivity index (χ2v) is 4.74. The van der Waals surface area contributed by atoms with Crippen molar-refractivity contribution in [1.82, 2.24) is 5.32 Å². The lowest BCUT2D eigenvalue weighted by Gasteiger charge is -2.25. The van der Waals surface area contributed by atoms with E-state index in [-0.39, 0.29) is 11.9 Å². The monoisotopic (exact) mass is 228 g/mol. The number of nitrogens with one attached hydrogen (secondary N) is 1. The van der Waals surface area contributed by atoms with Crippen LogP contribution in [0.3, 0.4) is 0 Å². The fourth-order valence-corrected chi connectivity index (χ4v) is 2.22. The average molecular weight is 228 g/mol. The van der Waals surface area contributed by atoms with Crippen molar-refractivity contribution in [3.63, 3.8) is 0 Å². The summed E-state index contributed by atoms with van der Waals surface area (Å²) in [7, 11) is 0. The van der Waals surface area contributed by atoms with Crippen LogP contribution in [0.15, 0.2) is 0 Å². The number of carbonyl (C=O) groups is 1. The summed E-state index contributed by atoms with van der Waals surface area (Å²) in [5.41, 5.74) is 5.72. The molecule has 1 aliphatic rings. The maximum absolute atomic E-state index is 11.7. The number of amides is 1. The fraction of sp³-hybridized carbons (Fsp3) is 0.917. The minimum Gasteiger partial charge on any atom is -0.382 e. The summed E-state index contributed by atoms with van der Waals surface area (Å²) >= 11 is 0. The van der Waals surface area contributed by atoms with Gasteiger partial charge in [0, 0.05) is 12.1 Å². The predicted octanol–water partition coefficient (Wildman–Crippen LogP) is 0.924. The van der Waals surface area contributed by atoms with Crippen LogP contribution < -0.4 is 11.1 Å². The highest BCUT2D eigenvalue weighted by Crippen LogP contribution is 2.17. The first-order chi connectivity index (χ1) is 7.65. The summed E-state index contributed by atoms with van der Waals surface area (Å²) in [5.74, 6) is -0.298. The van der Waals surface area contributed by atoms with Gasteiger partial charge in [0.2, 0.25) is 0 Å². The Hall–Kier alpha value is -0.610. The number of rotatable bonds is 5. The van der Waals surface area contributed by atoms with Crippen LogP contribution in [0.2, 0.25) is 0 Å². The van der Waals surface area contributed by atoms with Gasteiger partial charge in [0.05, 0.1) is 0 Å². The van der Waals surface area contributed by atoms with Gasteiger partial charge in [0.15, 0.2) is 0 Å². The third-order valence-corrected chi connectivity index (χ3v) is 3.25. The molecule has 0 saturated heterocycles. The number of nitrogens with two attached hydrogens (primary N) is 1. The lowest BCUT2D eigenvalue weighted by molar-refractivity contribution is -0.131. The standard InChI is InChI=1S/C12H24N2O2/c1-2-6-10(13)11(15)12(16)14-9-7-4-3-5-8-9/h9-11,15H,2-8,13H2,1H3,(H,14,16)/t10-,11-/m0/s1. The maximum atomic E-state index is 11.7. The second-order valence-electron chi connectivity index (χ2n) is 4.74. The lowest BCUT2D eigenvalue weighted by atomic mass is 9.95. The lowest BCUT2D eigenvalue weighted by Crippen LogP contribution is -2.49. The van der Waals surface area contributed by atoms with Crippen LogP contribution in [0.1, 0.15) is 51.9 Å². The number of hydrogen-bond donors (Lipinski definition) is 3. The number of carbonyl (C=O) groups excluding carboxylic acids is 1. The van der Waals surface area contributed by atoms with Crippen molar-refractivity contribution in [3.8, 4) is 0 Å². The van der Waals surface area contributed by atoms with E-state index in [1.807, 2.05) is 6.92 Å². The first-order valence-electron chi connectivity index (χ1n) is 6.39. The van der Waals surface area contributed by atoms with Gasteiger partial charge in [-0.05, 0) is 19.3 Å². The van der Waals surface area contributed by atoms with Crippen LogP contribution in [-0.4, -0.2) is 29.2 Å². The zero-order chi connectivity index (χ0) is 12.0. The minimum atomic E-state index is -1.05. The maximum Gasteiger partial charge on any atom is 0.250 e. The van der Waals surface area contributed by atoms with Crippen LogP contribution in [0, 0.1) is 0 Å². The molecule has 0 unspecified atom stereocenters. The van der Waals surface area contributed by atoms with E-state index in [1.54, 1.807) is 0 Å². The van der Waals surface area contributed by atoms with Crippen LogP contribution in [0.4, 0.5) is 0 Å². The summed E-state index contributed by atoms with van der Waals surface area (Å²) < 4.78 is 0. The van der Waals surface area contributed by atoms with Gasteiger partial charge < -0.3 is 16.2 Å². The highest BCUT2D eigenvalue weighted by molar-refractivity contribution is 5.81. The number of aliphatic hydroxyl groups is 1. The molecule has 1 rings (SSSR count). The first kappa shape index (κ1) is 13.5. The summed E-state index contributed by atoms with van der Waals surface area (Å²) in [6.07, 6.45) is 6.16. The Morgan fingerprint density at radius 1 is 1.44 bits per heavy atom. The van der Waals surface area contributed by atoms with Gasteiger partial charge in [-0.15, -0.1) is 0 Å². The van der Waals surface area contributed by atoms with E-state index in [0.29, 0.717) is 6.42 Å². The highest BCUT2D eigenvalue weighted by atomic mass is 16.3. The third-order valence-electron chi connectivity index (χ3n) is 3.25. The summed E-state index contributed by atoms with van der Waals surface area (Å²) in [6.45, 7) is 1.99. The van der Waals surface area contributed by atoms with Gasteiger partial charge in [-0.1, -0.05) is 32.6 Å². The predicted molar refractivity (Wildman–Crippen MR) is 63.9 cm³/mol. The first-order valence-corrected chi connectivity index (χ1v) is 6.39. The molecule has 0 spiro atoms. The van der Waals surface area contributed by atoms with Gasteiger partial charge in [-0.25, -0.2) is 0 Å². The highest BCUT2D eigenvalue weighted by Gasteiger charge is 2.24. The van der Waals surface area contributed by atoms with E-state index in [2.05, 4.69) is 5.32 Å². The Bertz CT molecular complexity index is 215. The van der Waals surface area contributed by atoms with E-state index >= 15 is 0 Å². The molecule has 1 saturated carbocycles. The average Bonchev–Trinajstić information content (AvgIpc) is 2.29. The molecule has 94 valence electrons. The Morgan fingerprint density at radius 2 is 2.06 bits per heavy atom. The van der Waals surface area contributed by atoms with Gasteiger partial charge >= 0.3 is 0 Å². The second kappa shape index (κ2) is 6.86. The van der Waals surface area contributed by atoms with Crippen LogP contribution >= 0.6 is 0 Å². The van der Waals surface area contributed by atoms with Crippen LogP contribution in [0.5, 0.6) is 0 Å². The molecule has 4 heteroatoms. The van der Waals surface area contributed by atoms with E-state index < -0.39 is 12.1 Å². The summed E-state index contributed by atoms with van der Waals surface area (Å²) in [6, 6.07) is -0.196. The zero-order valence-corrected chi connectivity index (χ0v) is 10.1. The quantitative estimate of drug-likeness (QED) is 0.655. The molecule has 0 aromatic rings. The van der Waals surface area contributed by atoms with Crippen molar-refractivity contribution in [3.05, 3.63) is 0 Å². The van der Waals surface area contributed by atoms with Crippen molar-refractivity contribution < 1.29 is 9.90 Å². The molecule has 1 amide bonds. The van der Waals surface area contributed by atoms with E-state index in [0.717, 1.165) is 19.3 Å². The van der Waals surface area contributed by atoms with Crippen LogP contribution in [-0.2, 0) is 4.79 Å². The molecule has 4 N–H and O–H groups in total. The fourth-order valence-electron chi connectivity index (χ4n) is 2.22. The molecular weight excluding hydrogens is 204 g/mol. The van der Waals surface area contributed by atoms with Gasteiger partial charge in [-0.2, -0.15) is 0 Å².